The molecule has 0 saturated heterocycles. The fourth-order valence-corrected chi connectivity index (χ4v) is 2.95. The number of rotatable bonds is 6. The van der Waals surface area contributed by atoms with Gasteiger partial charge in [-0.2, -0.15) is 0 Å². The van der Waals surface area contributed by atoms with Gasteiger partial charge in [-0.1, -0.05) is 13.0 Å². The van der Waals surface area contributed by atoms with E-state index >= 15 is 0 Å². The highest BCUT2D eigenvalue weighted by atomic mass is 32.2. The lowest BCUT2D eigenvalue weighted by molar-refractivity contribution is -0.120. The first-order valence-corrected chi connectivity index (χ1v) is 7.46. The summed E-state index contributed by atoms with van der Waals surface area (Å²) >= 11 is 3.13. The van der Waals surface area contributed by atoms with Gasteiger partial charge in [0, 0.05) is 10.1 Å². The first-order chi connectivity index (χ1) is 8.00. The summed E-state index contributed by atoms with van der Waals surface area (Å²) in [5, 5.41) is 14.2. The van der Waals surface area contributed by atoms with Crippen molar-refractivity contribution in [2.45, 2.75) is 43.9 Å². The van der Waals surface area contributed by atoms with Gasteiger partial charge >= 0.3 is 0 Å². The Morgan fingerprint density at radius 3 is 2.76 bits per heavy atom. The molecule has 1 aromatic rings. The van der Waals surface area contributed by atoms with E-state index in [1.807, 2.05) is 31.4 Å². The lowest BCUT2D eigenvalue weighted by atomic mass is 10.3. The quantitative estimate of drug-likeness (QED) is 0.836. The first kappa shape index (κ1) is 14.5. The molecule has 0 aliphatic heterocycles. The Labute approximate surface area is 111 Å². The van der Waals surface area contributed by atoms with Crippen molar-refractivity contribution in [2.75, 3.05) is 0 Å². The van der Waals surface area contributed by atoms with Crippen LogP contribution in [-0.2, 0) is 11.3 Å². The number of hydrogen-bond acceptors (Lipinski definition) is 4. The van der Waals surface area contributed by atoms with Crippen molar-refractivity contribution >= 4 is 29.0 Å². The van der Waals surface area contributed by atoms with Crippen molar-refractivity contribution in [2.24, 2.45) is 0 Å². The lowest BCUT2D eigenvalue weighted by Gasteiger charge is -2.18. The number of aliphatic hydroxyl groups excluding tert-OH is 1. The zero-order chi connectivity index (χ0) is 12.8. The van der Waals surface area contributed by atoms with Crippen LogP contribution in [0.15, 0.2) is 17.5 Å². The Kier molecular flexibility index (Phi) is 6.02. The van der Waals surface area contributed by atoms with Crippen LogP contribution in [0.3, 0.4) is 0 Å². The van der Waals surface area contributed by atoms with Gasteiger partial charge in [0.25, 0.3) is 0 Å². The summed E-state index contributed by atoms with van der Waals surface area (Å²) in [6, 6.07) is 3.97. The maximum Gasteiger partial charge on any atom is 0.233 e. The summed E-state index contributed by atoms with van der Waals surface area (Å²) in [4.78, 5) is 12.9. The largest absolute Gasteiger partial charge is 0.392 e. The van der Waals surface area contributed by atoms with E-state index < -0.39 is 6.10 Å². The number of aliphatic hydroxyl groups is 1. The average molecular weight is 273 g/mol. The second kappa shape index (κ2) is 7.03. The third-order valence-corrected chi connectivity index (χ3v) is 4.81. The average Bonchev–Trinajstić information content (AvgIpc) is 2.78. The molecule has 1 rings (SSSR count). The van der Waals surface area contributed by atoms with E-state index in [4.69, 9.17) is 0 Å². The monoisotopic (exact) mass is 273 g/mol. The Hall–Kier alpha value is -0.520. The van der Waals surface area contributed by atoms with E-state index in [0.717, 1.165) is 4.88 Å². The number of carbonyl (C=O) groups excluding carboxylic acids is 1. The van der Waals surface area contributed by atoms with E-state index in [9.17, 15) is 9.90 Å². The van der Waals surface area contributed by atoms with Crippen molar-refractivity contribution in [1.82, 2.24) is 5.32 Å². The standard InChI is InChI=1S/C12H19NO2S2/c1-8(14)9(2)17-10(3)12(15)13-7-11-5-4-6-16-11/h4-6,8-10,14H,7H2,1-3H3,(H,13,15)/t8-,9+,10-/m0/s1. The van der Waals surface area contributed by atoms with Crippen LogP contribution in [0.25, 0.3) is 0 Å². The van der Waals surface area contributed by atoms with Gasteiger partial charge in [-0.3, -0.25) is 4.79 Å². The van der Waals surface area contributed by atoms with Gasteiger partial charge in [0.1, 0.15) is 0 Å². The van der Waals surface area contributed by atoms with E-state index in [1.165, 1.54) is 11.8 Å². The molecule has 0 unspecified atom stereocenters. The van der Waals surface area contributed by atoms with Crippen molar-refractivity contribution in [3.63, 3.8) is 0 Å². The van der Waals surface area contributed by atoms with Gasteiger partial charge in [0.15, 0.2) is 0 Å². The highest BCUT2D eigenvalue weighted by molar-refractivity contribution is 8.01. The van der Waals surface area contributed by atoms with Gasteiger partial charge in [-0.05, 0) is 25.3 Å². The minimum Gasteiger partial charge on any atom is -0.392 e. The third-order valence-electron chi connectivity index (χ3n) is 2.48. The van der Waals surface area contributed by atoms with Crippen LogP contribution in [0.5, 0.6) is 0 Å². The summed E-state index contributed by atoms with van der Waals surface area (Å²) in [6.45, 7) is 6.13. The van der Waals surface area contributed by atoms with Crippen molar-refractivity contribution in [1.29, 1.82) is 0 Å². The van der Waals surface area contributed by atoms with Crippen LogP contribution in [0, 0.1) is 0 Å². The zero-order valence-electron chi connectivity index (χ0n) is 10.3. The summed E-state index contributed by atoms with van der Waals surface area (Å²) in [5.41, 5.74) is 0. The fourth-order valence-electron chi connectivity index (χ4n) is 1.23. The number of hydrogen-bond donors (Lipinski definition) is 2. The minimum absolute atomic E-state index is 0.0240. The van der Waals surface area contributed by atoms with Crippen LogP contribution in [0.2, 0.25) is 0 Å². The molecule has 0 aromatic carbocycles. The number of thioether (sulfide) groups is 1. The molecular weight excluding hydrogens is 254 g/mol. The van der Waals surface area contributed by atoms with E-state index in [1.54, 1.807) is 18.3 Å². The highest BCUT2D eigenvalue weighted by Crippen LogP contribution is 2.20. The van der Waals surface area contributed by atoms with Gasteiger partial charge in [0.2, 0.25) is 5.91 Å². The minimum atomic E-state index is -0.396. The van der Waals surface area contributed by atoms with Gasteiger partial charge in [-0.15, -0.1) is 23.1 Å². The van der Waals surface area contributed by atoms with Gasteiger partial charge in [0.05, 0.1) is 17.9 Å². The molecule has 1 amide bonds. The first-order valence-electron chi connectivity index (χ1n) is 5.64. The highest BCUT2D eigenvalue weighted by Gasteiger charge is 2.19. The molecule has 0 spiro atoms. The normalized spacial score (nSPS) is 16.2. The van der Waals surface area contributed by atoms with Crippen LogP contribution in [0.4, 0.5) is 0 Å². The summed E-state index contributed by atoms with van der Waals surface area (Å²) in [6.07, 6.45) is -0.396. The SMILES string of the molecule is C[C@H](S[C@H](C)[C@H](C)O)C(=O)NCc1cccs1. The molecule has 3 atom stereocenters. The predicted octanol–water partition coefficient (Wildman–Crippen LogP) is 2.26. The molecule has 0 bridgehead atoms. The van der Waals surface area contributed by atoms with Crippen LogP contribution in [-0.4, -0.2) is 27.6 Å². The van der Waals surface area contributed by atoms with Gasteiger partial charge < -0.3 is 10.4 Å². The van der Waals surface area contributed by atoms with Crippen molar-refractivity contribution in [3.8, 4) is 0 Å². The Bertz CT molecular complexity index is 338. The molecule has 96 valence electrons. The fraction of sp³-hybridized carbons (Fsp3) is 0.583. The lowest BCUT2D eigenvalue weighted by Crippen LogP contribution is -2.32. The smallest absolute Gasteiger partial charge is 0.233 e. The summed E-state index contributed by atoms with van der Waals surface area (Å²) in [7, 11) is 0. The molecule has 1 heterocycles. The third kappa shape index (κ3) is 5.10. The second-order valence-electron chi connectivity index (χ2n) is 4.02. The summed E-state index contributed by atoms with van der Waals surface area (Å²) < 4.78 is 0. The number of carbonyl (C=O) groups is 1. The van der Waals surface area contributed by atoms with Crippen LogP contribution >= 0.6 is 23.1 Å². The Morgan fingerprint density at radius 2 is 2.24 bits per heavy atom. The molecule has 3 nitrogen and oxygen atoms in total. The number of thiophene rings is 1. The zero-order valence-corrected chi connectivity index (χ0v) is 12.0. The summed E-state index contributed by atoms with van der Waals surface area (Å²) in [5.74, 6) is 0.0240. The van der Waals surface area contributed by atoms with E-state index in [0.29, 0.717) is 6.54 Å². The van der Waals surface area contributed by atoms with Gasteiger partial charge in [-0.25, -0.2) is 0 Å². The molecule has 0 aliphatic carbocycles. The van der Waals surface area contributed by atoms with Crippen molar-refractivity contribution < 1.29 is 9.90 Å². The molecule has 2 N–H and O–H groups in total. The van der Waals surface area contributed by atoms with Crippen LogP contribution in [0.1, 0.15) is 25.6 Å². The van der Waals surface area contributed by atoms with E-state index in [-0.39, 0.29) is 16.4 Å². The Balaban J connectivity index is 2.32. The van der Waals surface area contributed by atoms with Crippen LogP contribution < -0.4 is 5.32 Å². The number of nitrogens with one attached hydrogen (secondary N) is 1. The molecule has 0 radical (unpaired) electrons. The molecule has 5 heteroatoms. The molecule has 0 saturated carbocycles. The van der Waals surface area contributed by atoms with E-state index in [2.05, 4.69) is 5.32 Å². The second-order valence-corrected chi connectivity index (χ2v) is 6.78. The molecule has 1 aromatic heterocycles. The topological polar surface area (TPSA) is 49.3 Å². The maximum absolute atomic E-state index is 11.8. The maximum atomic E-state index is 11.8. The molecular formula is C12H19NO2S2. The Morgan fingerprint density at radius 1 is 1.53 bits per heavy atom. The predicted molar refractivity (Wildman–Crippen MR) is 74.4 cm³/mol. The molecule has 0 aliphatic rings. The molecule has 17 heavy (non-hydrogen) atoms. The molecule has 0 fully saturated rings. The number of amides is 1. The van der Waals surface area contributed by atoms with Crippen molar-refractivity contribution in [3.05, 3.63) is 22.4 Å².